The van der Waals surface area contributed by atoms with E-state index in [0.29, 0.717) is 19.1 Å². The largest absolute Gasteiger partial charge is 0.491 e. The van der Waals surface area contributed by atoms with Gasteiger partial charge < -0.3 is 20.5 Å². The number of ether oxygens (including phenoxy) is 1. The minimum absolute atomic E-state index is 0. The van der Waals surface area contributed by atoms with Crippen LogP contribution in [0.1, 0.15) is 30.5 Å². The van der Waals surface area contributed by atoms with Crippen LogP contribution in [0.25, 0.3) is 0 Å². The molecule has 2 aromatic rings. The van der Waals surface area contributed by atoms with Crippen molar-refractivity contribution in [2.24, 2.45) is 12.0 Å². The van der Waals surface area contributed by atoms with E-state index in [-0.39, 0.29) is 30.5 Å². The van der Waals surface area contributed by atoms with Crippen LogP contribution in [-0.4, -0.2) is 47.1 Å². The number of aromatic nitrogens is 2. The van der Waals surface area contributed by atoms with Crippen LogP contribution in [0, 0.1) is 13.8 Å². The zero-order chi connectivity index (χ0) is 19.9. The van der Waals surface area contributed by atoms with Gasteiger partial charge in [0.25, 0.3) is 0 Å². The maximum absolute atomic E-state index is 10.7. The lowest BCUT2D eigenvalue weighted by Crippen LogP contribution is -2.40. The van der Waals surface area contributed by atoms with Crippen LogP contribution in [-0.2, 0) is 12.6 Å². The van der Waals surface area contributed by atoms with Crippen molar-refractivity contribution in [1.29, 1.82) is 0 Å². The van der Waals surface area contributed by atoms with E-state index in [0.717, 1.165) is 29.0 Å². The van der Waals surface area contributed by atoms with Gasteiger partial charge in [-0.15, -0.1) is 24.0 Å². The Morgan fingerprint density at radius 2 is 1.96 bits per heavy atom. The summed E-state index contributed by atoms with van der Waals surface area (Å²) in [6, 6.07) is 6.11. The van der Waals surface area contributed by atoms with Crippen molar-refractivity contribution in [2.75, 3.05) is 26.2 Å². The van der Waals surface area contributed by atoms with E-state index in [9.17, 15) is 5.11 Å². The lowest BCUT2D eigenvalue weighted by Gasteiger charge is -2.20. The van der Waals surface area contributed by atoms with Gasteiger partial charge in [0.1, 0.15) is 18.0 Å². The molecule has 0 radical (unpaired) electrons. The number of nitrogens with one attached hydrogen (secondary N) is 2. The van der Waals surface area contributed by atoms with E-state index in [1.165, 1.54) is 0 Å². The average Bonchev–Trinajstić information content (AvgIpc) is 3.06. The van der Waals surface area contributed by atoms with Crippen LogP contribution in [0.3, 0.4) is 0 Å². The van der Waals surface area contributed by atoms with E-state index < -0.39 is 5.60 Å². The van der Waals surface area contributed by atoms with Gasteiger partial charge in [-0.1, -0.05) is 18.2 Å². The summed E-state index contributed by atoms with van der Waals surface area (Å²) in [6.07, 6.45) is 3.46. The molecule has 0 spiro atoms. The molecule has 156 valence electrons. The molecule has 2 rings (SSSR count). The third-order valence-electron chi connectivity index (χ3n) is 4.27. The van der Waals surface area contributed by atoms with Crippen molar-refractivity contribution in [3.63, 3.8) is 0 Å². The molecular weight excluding hydrogens is 469 g/mol. The van der Waals surface area contributed by atoms with Crippen molar-refractivity contribution in [1.82, 2.24) is 20.4 Å². The maximum atomic E-state index is 10.7. The number of hydrogen-bond donors (Lipinski definition) is 3. The molecule has 0 saturated heterocycles. The Bertz CT molecular complexity index is 753. The highest BCUT2D eigenvalue weighted by molar-refractivity contribution is 14.0. The molecule has 0 aliphatic carbocycles. The van der Waals surface area contributed by atoms with Crippen LogP contribution in [0.15, 0.2) is 35.6 Å². The summed E-state index contributed by atoms with van der Waals surface area (Å²) < 4.78 is 7.58. The number of guanidine groups is 1. The van der Waals surface area contributed by atoms with Crippen LogP contribution >= 0.6 is 24.0 Å². The number of benzene rings is 1. The smallest absolute Gasteiger partial charge is 0.191 e. The molecular formula is C20H32IN5O2. The quantitative estimate of drug-likeness (QED) is 0.224. The number of nitrogens with zero attached hydrogens (tertiary/aromatic N) is 3. The number of para-hydroxylation sites is 1. The van der Waals surface area contributed by atoms with Crippen LogP contribution in [0.5, 0.6) is 5.75 Å². The molecule has 0 saturated carbocycles. The fourth-order valence-corrected chi connectivity index (χ4v) is 2.71. The van der Waals surface area contributed by atoms with Gasteiger partial charge in [-0.25, -0.2) is 4.99 Å². The third kappa shape index (κ3) is 6.97. The Labute approximate surface area is 184 Å². The number of aliphatic hydroxyl groups is 1. The lowest BCUT2D eigenvalue weighted by atomic mass is 10.0. The van der Waals surface area contributed by atoms with Crippen molar-refractivity contribution in [2.45, 2.75) is 33.3 Å². The van der Waals surface area contributed by atoms with E-state index in [1.807, 2.05) is 46.0 Å². The minimum Gasteiger partial charge on any atom is -0.491 e. The number of hydrogen-bond acceptors (Lipinski definition) is 4. The Balaban J connectivity index is 0.00000392. The predicted octanol–water partition coefficient (Wildman–Crippen LogP) is 2.50. The van der Waals surface area contributed by atoms with Crippen molar-refractivity contribution in [3.05, 3.63) is 47.3 Å². The zero-order valence-corrected chi connectivity index (χ0v) is 19.7. The van der Waals surface area contributed by atoms with Gasteiger partial charge in [-0.05, 0) is 38.8 Å². The Hall–Kier alpha value is -1.81. The summed E-state index contributed by atoms with van der Waals surface area (Å²) in [5.74, 6) is 1.58. The van der Waals surface area contributed by atoms with Gasteiger partial charge >= 0.3 is 0 Å². The van der Waals surface area contributed by atoms with E-state index in [2.05, 4.69) is 20.7 Å². The van der Waals surface area contributed by atoms with Crippen LogP contribution < -0.4 is 15.4 Å². The van der Waals surface area contributed by atoms with Gasteiger partial charge in [0.15, 0.2) is 5.96 Å². The molecule has 0 aliphatic heterocycles. The van der Waals surface area contributed by atoms with Gasteiger partial charge in [0, 0.05) is 25.4 Å². The summed E-state index contributed by atoms with van der Waals surface area (Å²) in [7, 11) is 1.82. The Morgan fingerprint density at radius 3 is 2.54 bits per heavy atom. The second kappa shape index (κ2) is 11.3. The molecule has 0 aliphatic rings. The fraction of sp³-hybridized carbons (Fsp3) is 0.500. The molecule has 7 nitrogen and oxygen atoms in total. The molecule has 0 bridgehead atoms. The van der Waals surface area contributed by atoms with Gasteiger partial charge in [-0.2, -0.15) is 5.10 Å². The lowest BCUT2D eigenvalue weighted by molar-refractivity contribution is 0.0672. The van der Waals surface area contributed by atoms with Crippen LogP contribution in [0.2, 0.25) is 0 Å². The van der Waals surface area contributed by atoms with Gasteiger partial charge in [0.05, 0.1) is 19.3 Å². The first kappa shape index (κ1) is 24.2. The normalized spacial score (nSPS) is 13.4. The standard InChI is InChI=1S/C20H31N5O2.HI/c1-6-21-19(23-14-20(4,26)17-12-24-25(5)13-17)22-10-11-27-18-15(2)8-7-9-16(18)3;/h7-9,12-13,26H,6,10-11,14H2,1-5H3,(H2,21,22,23);1H. The van der Waals surface area contributed by atoms with Crippen LogP contribution in [0.4, 0.5) is 0 Å². The Kier molecular flexibility index (Phi) is 9.74. The van der Waals surface area contributed by atoms with Gasteiger partial charge in [0.2, 0.25) is 0 Å². The average molecular weight is 501 g/mol. The second-order valence-corrected chi connectivity index (χ2v) is 6.87. The first-order valence-corrected chi connectivity index (χ1v) is 9.26. The second-order valence-electron chi connectivity index (χ2n) is 6.87. The van der Waals surface area contributed by atoms with Crippen molar-refractivity contribution in [3.8, 4) is 5.75 Å². The SMILES string of the molecule is CCNC(=NCC(C)(O)c1cnn(C)c1)NCCOc1c(C)cccc1C.I. The maximum Gasteiger partial charge on any atom is 0.191 e. The Morgan fingerprint density at radius 1 is 1.29 bits per heavy atom. The van der Waals surface area contributed by atoms with Gasteiger partial charge in [-0.3, -0.25) is 4.68 Å². The molecule has 3 N–H and O–H groups in total. The van der Waals surface area contributed by atoms with Crippen molar-refractivity contribution >= 4 is 29.9 Å². The van der Waals surface area contributed by atoms with Crippen molar-refractivity contribution < 1.29 is 9.84 Å². The summed E-state index contributed by atoms with van der Waals surface area (Å²) >= 11 is 0. The molecule has 1 aromatic heterocycles. The topological polar surface area (TPSA) is 83.7 Å². The molecule has 1 unspecified atom stereocenters. The molecule has 0 amide bonds. The predicted molar refractivity (Wildman–Crippen MR) is 124 cm³/mol. The summed E-state index contributed by atoms with van der Waals surface area (Å²) in [5.41, 5.74) is 1.92. The number of aliphatic imine (C=N–C) groups is 1. The highest BCUT2D eigenvalue weighted by Gasteiger charge is 2.24. The third-order valence-corrected chi connectivity index (χ3v) is 4.27. The van der Waals surface area contributed by atoms with E-state index in [1.54, 1.807) is 24.0 Å². The molecule has 28 heavy (non-hydrogen) atoms. The highest BCUT2D eigenvalue weighted by Crippen LogP contribution is 2.22. The fourth-order valence-electron chi connectivity index (χ4n) is 2.71. The molecule has 1 aromatic carbocycles. The highest BCUT2D eigenvalue weighted by atomic mass is 127. The monoisotopic (exact) mass is 501 g/mol. The molecule has 8 heteroatoms. The zero-order valence-electron chi connectivity index (χ0n) is 17.3. The first-order valence-electron chi connectivity index (χ1n) is 9.26. The molecule has 1 atom stereocenters. The number of rotatable bonds is 8. The summed E-state index contributed by atoms with van der Waals surface area (Å²) in [5, 5.41) is 21.2. The minimum atomic E-state index is -1.08. The molecule has 1 heterocycles. The van der Waals surface area contributed by atoms with E-state index in [4.69, 9.17) is 4.74 Å². The first-order chi connectivity index (χ1) is 12.8. The number of aryl methyl sites for hydroxylation is 3. The number of halogens is 1. The molecule has 0 fully saturated rings. The summed E-state index contributed by atoms with van der Waals surface area (Å²) in [4.78, 5) is 4.50. The summed E-state index contributed by atoms with van der Waals surface area (Å²) in [6.45, 7) is 9.92. The van der Waals surface area contributed by atoms with E-state index >= 15 is 0 Å².